The van der Waals surface area contributed by atoms with Gasteiger partial charge in [-0.25, -0.2) is 9.67 Å². The number of nitrogens with one attached hydrogen (secondary N) is 1. The SMILES string of the molecule is CCNc1nc(C)c([N+](=O)[O-])c(-n2cc(C(N)=O)cn2)n1. The van der Waals surface area contributed by atoms with Crippen LogP contribution < -0.4 is 11.1 Å². The van der Waals surface area contributed by atoms with E-state index in [4.69, 9.17) is 5.73 Å². The lowest BCUT2D eigenvalue weighted by Gasteiger charge is -2.07. The monoisotopic (exact) mass is 291 g/mol. The van der Waals surface area contributed by atoms with E-state index in [1.807, 2.05) is 6.92 Å². The standard InChI is InChI=1S/C11H13N7O3/c1-3-13-11-15-6(2)8(18(20)21)10(16-11)17-5-7(4-14-17)9(12)19/h4-5H,3H2,1-2H3,(H2,12,19)(H,13,15,16). The smallest absolute Gasteiger partial charge is 0.334 e. The molecule has 21 heavy (non-hydrogen) atoms. The van der Waals surface area contributed by atoms with E-state index in [0.717, 1.165) is 4.68 Å². The molecule has 2 heterocycles. The lowest BCUT2D eigenvalue weighted by molar-refractivity contribution is -0.385. The fraction of sp³-hybridized carbons (Fsp3) is 0.273. The molecule has 0 fully saturated rings. The van der Waals surface area contributed by atoms with Gasteiger partial charge in [-0.15, -0.1) is 0 Å². The predicted octanol–water partition coefficient (Wildman–Crippen LogP) is 0.410. The number of aromatic nitrogens is 4. The van der Waals surface area contributed by atoms with E-state index in [1.165, 1.54) is 19.3 Å². The van der Waals surface area contributed by atoms with Crippen molar-refractivity contribution in [2.24, 2.45) is 5.73 Å². The maximum atomic E-state index is 11.2. The molecule has 0 saturated carbocycles. The van der Waals surface area contributed by atoms with Gasteiger partial charge in [0, 0.05) is 12.7 Å². The number of hydrogen-bond acceptors (Lipinski definition) is 7. The highest BCUT2D eigenvalue weighted by Crippen LogP contribution is 2.25. The van der Waals surface area contributed by atoms with Crippen LogP contribution in [0.25, 0.3) is 5.82 Å². The molecule has 0 radical (unpaired) electrons. The Hall–Kier alpha value is -3.04. The van der Waals surface area contributed by atoms with Crippen LogP contribution in [-0.2, 0) is 0 Å². The molecule has 1 amide bonds. The van der Waals surface area contributed by atoms with Crippen molar-refractivity contribution in [3.8, 4) is 5.82 Å². The number of rotatable bonds is 5. The Labute approximate surface area is 119 Å². The molecule has 0 atom stereocenters. The summed E-state index contributed by atoms with van der Waals surface area (Å²) in [6.07, 6.45) is 2.50. The van der Waals surface area contributed by atoms with Crippen molar-refractivity contribution in [2.75, 3.05) is 11.9 Å². The van der Waals surface area contributed by atoms with E-state index in [1.54, 1.807) is 0 Å². The molecule has 0 spiro atoms. The van der Waals surface area contributed by atoms with Gasteiger partial charge in [0.25, 0.3) is 5.91 Å². The number of nitro groups is 1. The number of anilines is 1. The van der Waals surface area contributed by atoms with Crippen LogP contribution in [0.1, 0.15) is 23.0 Å². The van der Waals surface area contributed by atoms with Crippen molar-refractivity contribution in [1.29, 1.82) is 0 Å². The molecule has 110 valence electrons. The zero-order valence-corrected chi connectivity index (χ0v) is 11.4. The summed E-state index contributed by atoms with van der Waals surface area (Å²) in [5.74, 6) is -0.468. The molecule has 3 N–H and O–H groups in total. The lowest BCUT2D eigenvalue weighted by Crippen LogP contribution is -2.12. The summed E-state index contributed by atoms with van der Waals surface area (Å²) in [4.78, 5) is 29.8. The zero-order valence-electron chi connectivity index (χ0n) is 11.4. The van der Waals surface area contributed by atoms with Crippen LogP contribution in [0, 0.1) is 17.0 Å². The van der Waals surface area contributed by atoms with Crippen LogP contribution in [0.4, 0.5) is 11.6 Å². The second-order valence-electron chi connectivity index (χ2n) is 4.13. The number of carbonyl (C=O) groups excluding carboxylic acids is 1. The van der Waals surface area contributed by atoms with Gasteiger partial charge >= 0.3 is 5.69 Å². The van der Waals surface area contributed by atoms with E-state index >= 15 is 0 Å². The molecular weight excluding hydrogens is 278 g/mol. The minimum Gasteiger partial charge on any atom is -0.366 e. The number of hydrogen-bond donors (Lipinski definition) is 2. The Kier molecular flexibility index (Phi) is 3.78. The van der Waals surface area contributed by atoms with Gasteiger partial charge < -0.3 is 11.1 Å². The van der Waals surface area contributed by atoms with Gasteiger partial charge in [-0.1, -0.05) is 0 Å². The molecule has 0 aliphatic carbocycles. The lowest BCUT2D eigenvalue weighted by atomic mass is 10.3. The highest BCUT2D eigenvalue weighted by molar-refractivity contribution is 5.92. The summed E-state index contributed by atoms with van der Waals surface area (Å²) >= 11 is 0. The van der Waals surface area contributed by atoms with Crippen molar-refractivity contribution in [3.05, 3.63) is 33.8 Å². The minimum absolute atomic E-state index is 0.0315. The van der Waals surface area contributed by atoms with Gasteiger partial charge in [0.2, 0.25) is 11.8 Å². The third-order valence-electron chi connectivity index (χ3n) is 2.64. The normalized spacial score (nSPS) is 10.4. The van der Waals surface area contributed by atoms with Gasteiger partial charge in [0.15, 0.2) is 0 Å². The summed E-state index contributed by atoms with van der Waals surface area (Å²) in [5.41, 5.74) is 5.18. The topological polar surface area (TPSA) is 142 Å². The van der Waals surface area contributed by atoms with Gasteiger partial charge in [-0.3, -0.25) is 14.9 Å². The minimum atomic E-state index is -0.679. The number of amides is 1. The quantitative estimate of drug-likeness (QED) is 0.600. The summed E-state index contributed by atoms with van der Waals surface area (Å²) in [5, 5.41) is 18.0. The Bertz CT molecular complexity index is 710. The Morgan fingerprint density at radius 1 is 1.52 bits per heavy atom. The molecule has 0 unspecified atom stereocenters. The summed E-state index contributed by atoms with van der Waals surface area (Å²) in [6.45, 7) is 3.91. The maximum Gasteiger partial charge on any atom is 0.334 e. The van der Waals surface area contributed by atoms with E-state index in [2.05, 4.69) is 20.4 Å². The number of primary amides is 1. The molecule has 0 bridgehead atoms. The molecule has 10 nitrogen and oxygen atoms in total. The molecule has 0 saturated heterocycles. The molecule has 0 aliphatic rings. The number of nitrogens with zero attached hydrogens (tertiary/aromatic N) is 5. The largest absolute Gasteiger partial charge is 0.366 e. The fourth-order valence-corrected chi connectivity index (χ4v) is 1.73. The highest BCUT2D eigenvalue weighted by Gasteiger charge is 2.24. The van der Waals surface area contributed by atoms with E-state index in [-0.39, 0.29) is 28.7 Å². The zero-order chi connectivity index (χ0) is 15.6. The second-order valence-corrected chi connectivity index (χ2v) is 4.13. The molecule has 2 rings (SSSR count). The van der Waals surface area contributed by atoms with Gasteiger partial charge in [0.1, 0.15) is 5.69 Å². The van der Waals surface area contributed by atoms with E-state index in [0.29, 0.717) is 6.54 Å². The fourth-order valence-electron chi connectivity index (χ4n) is 1.73. The summed E-state index contributed by atoms with van der Waals surface area (Å²) in [6, 6.07) is 0. The second kappa shape index (κ2) is 5.53. The van der Waals surface area contributed by atoms with Crippen molar-refractivity contribution in [2.45, 2.75) is 13.8 Å². The molecule has 2 aromatic heterocycles. The molecule has 0 aliphatic heterocycles. The number of carbonyl (C=O) groups is 1. The van der Waals surface area contributed by atoms with Crippen molar-refractivity contribution < 1.29 is 9.72 Å². The highest BCUT2D eigenvalue weighted by atomic mass is 16.6. The van der Waals surface area contributed by atoms with Crippen LogP contribution in [0.5, 0.6) is 0 Å². The molecular formula is C11H13N7O3. The average molecular weight is 291 g/mol. The Morgan fingerprint density at radius 3 is 2.76 bits per heavy atom. The molecule has 2 aromatic rings. The van der Waals surface area contributed by atoms with Crippen LogP contribution >= 0.6 is 0 Å². The summed E-state index contributed by atoms with van der Waals surface area (Å²) in [7, 11) is 0. The van der Waals surface area contributed by atoms with Crippen molar-refractivity contribution >= 4 is 17.5 Å². The summed E-state index contributed by atoms with van der Waals surface area (Å²) < 4.78 is 1.13. The van der Waals surface area contributed by atoms with Crippen LogP contribution in [0.15, 0.2) is 12.4 Å². The third-order valence-corrected chi connectivity index (χ3v) is 2.64. The Balaban J connectivity index is 2.62. The van der Waals surface area contributed by atoms with Crippen molar-refractivity contribution in [3.63, 3.8) is 0 Å². The first-order valence-corrected chi connectivity index (χ1v) is 6.05. The number of nitrogens with two attached hydrogens (primary N) is 1. The van der Waals surface area contributed by atoms with Gasteiger partial charge in [0.05, 0.1) is 16.7 Å². The maximum absolute atomic E-state index is 11.2. The number of aryl methyl sites for hydroxylation is 1. The van der Waals surface area contributed by atoms with Crippen molar-refractivity contribution in [1.82, 2.24) is 19.7 Å². The van der Waals surface area contributed by atoms with Crippen LogP contribution in [0.3, 0.4) is 0 Å². The molecule has 0 aromatic carbocycles. The van der Waals surface area contributed by atoms with Gasteiger partial charge in [-0.2, -0.15) is 10.1 Å². The average Bonchev–Trinajstić information content (AvgIpc) is 2.87. The molecule has 10 heteroatoms. The third kappa shape index (κ3) is 2.78. The first-order chi connectivity index (χ1) is 9.93. The van der Waals surface area contributed by atoms with E-state index < -0.39 is 10.8 Å². The predicted molar refractivity (Wildman–Crippen MR) is 73.2 cm³/mol. The first kappa shape index (κ1) is 14.4. The van der Waals surface area contributed by atoms with Gasteiger partial charge in [-0.05, 0) is 13.8 Å². The van der Waals surface area contributed by atoms with E-state index in [9.17, 15) is 14.9 Å². The first-order valence-electron chi connectivity index (χ1n) is 6.05. The Morgan fingerprint density at radius 2 is 2.24 bits per heavy atom. The van der Waals surface area contributed by atoms with Crippen LogP contribution in [-0.4, -0.2) is 37.1 Å². The van der Waals surface area contributed by atoms with Crippen LogP contribution in [0.2, 0.25) is 0 Å².